The van der Waals surface area contributed by atoms with Gasteiger partial charge in [0.2, 0.25) is 26.6 Å². The summed E-state index contributed by atoms with van der Waals surface area (Å²) < 4.78 is 38.3. The van der Waals surface area contributed by atoms with Crippen LogP contribution in [0.1, 0.15) is 5.76 Å². The van der Waals surface area contributed by atoms with Crippen molar-refractivity contribution in [2.24, 2.45) is 0 Å². The molecule has 0 amide bonds. The molecule has 0 bridgehead atoms. The second-order valence-corrected chi connectivity index (χ2v) is 9.21. The van der Waals surface area contributed by atoms with E-state index >= 15 is 0 Å². The molecule has 0 atom stereocenters. The molecule has 0 aliphatic carbocycles. The zero-order chi connectivity index (χ0) is 20.4. The molecule has 6 nitrogen and oxygen atoms in total. The SMILES string of the molecule is O=S(=O)(c1ccc(Br)cc1)c1nc(-c2ccccc2Cl)oc1NCc1ccco1. The molecule has 0 aliphatic heterocycles. The number of hydrogen-bond acceptors (Lipinski definition) is 6. The van der Waals surface area contributed by atoms with Crippen molar-refractivity contribution < 1.29 is 17.3 Å². The number of rotatable bonds is 6. The lowest BCUT2D eigenvalue weighted by atomic mass is 10.2. The summed E-state index contributed by atoms with van der Waals surface area (Å²) in [6.45, 7) is 0.229. The highest BCUT2D eigenvalue weighted by Crippen LogP contribution is 2.35. The van der Waals surface area contributed by atoms with Crippen LogP contribution >= 0.6 is 27.5 Å². The van der Waals surface area contributed by atoms with Crippen LogP contribution in [0, 0.1) is 0 Å². The van der Waals surface area contributed by atoms with Gasteiger partial charge in [-0.25, -0.2) is 8.42 Å². The number of anilines is 1. The Balaban J connectivity index is 1.80. The number of nitrogens with zero attached hydrogens (tertiary/aromatic N) is 1. The van der Waals surface area contributed by atoms with E-state index < -0.39 is 9.84 Å². The predicted molar refractivity (Wildman–Crippen MR) is 113 cm³/mol. The molecule has 2 aromatic carbocycles. The van der Waals surface area contributed by atoms with E-state index in [2.05, 4.69) is 26.2 Å². The Hall–Kier alpha value is -2.55. The normalized spacial score (nSPS) is 11.5. The zero-order valence-corrected chi connectivity index (χ0v) is 18.0. The van der Waals surface area contributed by atoms with Crippen molar-refractivity contribution in [3.8, 4) is 11.5 Å². The van der Waals surface area contributed by atoms with Crippen molar-refractivity contribution in [1.29, 1.82) is 0 Å². The van der Waals surface area contributed by atoms with E-state index in [0.717, 1.165) is 4.47 Å². The minimum Gasteiger partial charge on any atom is -0.467 e. The van der Waals surface area contributed by atoms with Gasteiger partial charge in [0.05, 0.1) is 28.3 Å². The first-order valence-corrected chi connectivity index (χ1v) is 11.1. The van der Waals surface area contributed by atoms with Crippen LogP contribution in [0.25, 0.3) is 11.5 Å². The highest BCUT2D eigenvalue weighted by molar-refractivity contribution is 9.10. The molecule has 0 fully saturated rings. The Kier molecular flexibility index (Phi) is 5.49. The fraction of sp³-hybridized carbons (Fsp3) is 0.0500. The van der Waals surface area contributed by atoms with Crippen molar-refractivity contribution in [3.05, 3.63) is 82.2 Å². The molecule has 2 aromatic heterocycles. The van der Waals surface area contributed by atoms with Gasteiger partial charge in [0, 0.05) is 4.47 Å². The van der Waals surface area contributed by atoms with Gasteiger partial charge in [0.15, 0.2) is 0 Å². The van der Waals surface area contributed by atoms with E-state index in [1.807, 2.05) is 0 Å². The second-order valence-electron chi connectivity index (χ2n) is 6.02. The standard InChI is InChI=1S/C20H14BrClN2O4S/c21-13-7-9-15(10-8-13)29(25,26)20-19(23-12-14-4-3-11-27-14)28-18(24-20)16-5-1-2-6-17(16)22/h1-11,23H,12H2. The third kappa shape index (κ3) is 4.10. The molecule has 9 heteroatoms. The molecule has 0 saturated heterocycles. The van der Waals surface area contributed by atoms with Gasteiger partial charge in [0.1, 0.15) is 5.76 Å². The molecule has 1 N–H and O–H groups in total. The van der Waals surface area contributed by atoms with Gasteiger partial charge in [-0.3, -0.25) is 0 Å². The summed E-state index contributed by atoms with van der Waals surface area (Å²) in [4.78, 5) is 4.37. The van der Waals surface area contributed by atoms with Crippen LogP contribution in [-0.2, 0) is 16.4 Å². The summed E-state index contributed by atoms with van der Waals surface area (Å²) in [6, 6.07) is 16.7. The largest absolute Gasteiger partial charge is 0.467 e. The third-order valence-electron chi connectivity index (χ3n) is 4.08. The number of nitrogens with one attached hydrogen (secondary N) is 1. The molecule has 2 heterocycles. The molecule has 0 unspecified atom stereocenters. The smallest absolute Gasteiger partial charge is 0.234 e. The highest BCUT2D eigenvalue weighted by atomic mass is 79.9. The third-order valence-corrected chi connectivity index (χ3v) is 6.62. The first-order valence-electron chi connectivity index (χ1n) is 8.48. The van der Waals surface area contributed by atoms with Crippen molar-refractivity contribution in [2.75, 3.05) is 5.32 Å². The van der Waals surface area contributed by atoms with Gasteiger partial charge in [-0.1, -0.05) is 39.7 Å². The lowest BCUT2D eigenvalue weighted by Crippen LogP contribution is -2.07. The van der Waals surface area contributed by atoms with Crippen molar-refractivity contribution in [2.45, 2.75) is 16.5 Å². The molecular weight excluding hydrogens is 480 g/mol. The number of furan rings is 1. The van der Waals surface area contributed by atoms with Crippen LogP contribution in [-0.4, -0.2) is 13.4 Å². The molecule has 0 radical (unpaired) electrons. The lowest BCUT2D eigenvalue weighted by Gasteiger charge is -2.05. The minimum atomic E-state index is -3.94. The summed E-state index contributed by atoms with van der Waals surface area (Å²) in [5, 5.41) is 3.14. The van der Waals surface area contributed by atoms with Crippen LogP contribution in [0.15, 0.2) is 90.2 Å². The number of sulfone groups is 1. The Bertz CT molecular complexity index is 1240. The van der Waals surface area contributed by atoms with Crippen molar-refractivity contribution in [3.63, 3.8) is 0 Å². The van der Waals surface area contributed by atoms with Crippen LogP contribution in [0.2, 0.25) is 5.02 Å². The molecule has 0 aliphatic rings. The Morgan fingerprint density at radius 2 is 1.79 bits per heavy atom. The Labute approximate surface area is 180 Å². The van der Waals surface area contributed by atoms with Gasteiger partial charge in [0.25, 0.3) is 0 Å². The maximum atomic E-state index is 13.2. The fourth-order valence-corrected chi connectivity index (χ4v) is 4.42. The van der Waals surface area contributed by atoms with Crippen LogP contribution in [0.3, 0.4) is 0 Å². The average molecular weight is 494 g/mol. The quantitative estimate of drug-likeness (QED) is 0.366. The minimum absolute atomic E-state index is 0.0132. The number of oxazole rings is 1. The number of hydrogen-bond donors (Lipinski definition) is 1. The van der Waals surface area contributed by atoms with Gasteiger partial charge in [-0.2, -0.15) is 4.98 Å². The Morgan fingerprint density at radius 3 is 2.48 bits per heavy atom. The molecule has 0 spiro atoms. The average Bonchev–Trinajstić information content (AvgIpc) is 3.37. The fourth-order valence-electron chi connectivity index (χ4n) is 2.66. The summed E-state index contributed by atoms with van der Waals surface area (Å²) in [7, 11) is -3.94. The predicted octanol–water partition coefficient (Wildman–Crippen LogP) is 5.80. The maximum Gasteiger partial charge on any atom is 0.234 e. The molecule has 4 rings (SSSR count). The van der Waals surface area contributed by atoms with E-state index in [0.29, 0.717) is 16.3 Å². The van der Waals surface area contributed by atoms with Gasteiger partial charge in [-0.05, 0) is 48.5 Å². The highest BCUT2D eigenvalue weighted by Gasteiger charge is 2.29. The van der Waals surface area contributed by atoms with Crippen LogP contribution in [0.5, 0.6) is 0 Å². The van der Waals surface area contributed by atoms with Crippen LogP contribution in [0.4, 0.5) is 5.88 Å². The van der Waals surface area contributed by atoms with Crippen LogP contribution < -0.4 is 5.32 Å². The van der Waals surface area contributed by atoms with Crippen molar-refractivity contribution in [1.82, 2.24) is 4.98 Å². The molecule has 148 valence electrons. The van der Waals surface area contributed by atoms with E-state index in [9.17, 15) is 8.42 Å². The van der Waals surface area contributed by atoms with E-state index in [1.165, 1.54) is 18.4 Å². The topological polar surface area (TPSA) is 85.3 Å². The van der Waals surface area contributed by atoms with Gasteiger partial charge < -0.3 is 14.2 Å². The first kappa shape index (κ1) is 19.8. The summed E-state index contributed by atoms with van der Waals surface area (Å²) in [5.74, 6) is 0.736. The first-order chi connectivity index (χ1) is 13.9. The van der Waals surface area contributed by atoms with E-state index in [1.54, 1.807) is 48.5 Å². The summed E-state index contributed by atoms with van der Waals surface area (Å²) in [6.07, 6.45) is 1.53. The monoisotopic (exact) mass is 492 g/mol. The molecule has 4 aromatic rings. The summed E-state index contributed by atoms with van der Waals surface area (Å²) >= 11 is 9.54. The molecule has 0 saturated carbocycles. The van der Waals surface area contributed by atoms with E-state index in [-0.39, 0.29) is 28.2 Å². The zero-order valence-electron chi connectivity index (χ0n) is 14.8. The second kappa shape index (κ2) is 8.06. The van der Waals surface area contributed by atoms with Gasteiger partial charge >= 0.3 is 0 Å². The number of halogens is 2. The number of aromatic nitrogens is 1. The van der Waals surface area contributed by atoms with Crippen molar-refractivity contribution >= 4 is 43.3 Å². The number of benzene rings is 2. The lowest BCUT2D eigenvalue weighted by molar-refractivity contribution is 0.511. The van der Waals surface area contributed by atoms with Gasteiger partial charge in [-0.15, -0.1) is 0 Å². The molecular formula is C20H14BrClN2O4S. The maximum absolute atomic E-state index is 13.2. The Morgan fingerprint density at radius 1 is 1.03 bits per heavy atom. The summed E-state index contributed by atoms with van der Waals surface area (Å²) in [5.41, 5.74) is 0.493. The van der Waals surface area contributed by atoms with E-state index in [4.69, 9.17) is 20.4 Å². The molecule has 29 heavy (non-hydrogen) atoms.